The van der Waals surface area contributed by atoms with Gasteiger partial charge in [0, 0.05) is 43.4 Å². The van der Waals surface area contributed by atoms with Crippen molar-refractivity contribution < 1.29 is 48.6 Å². The van der Waals surface area contributed by atoms with E-state index in [1.165, 1.54) is 0 Å². The summed E-state index contributed by atoms with van der Waals surface area (Å²) in [5.41, 5.74) is 4.29. The smallest absolute Gasteiger partial charge is 0.410 e. The second-order valence-corrected chi connectivity index (χ2v) is 15.0. The standard InChI is InChI=1S/C45H63N3O10/c1-5-8-25-54-44(52)48(20-26-53-27-23-51)41-30-39(47-57-7-3)37-28-33(15-9-11-21-49)36(17-10-12-22-50)42-38-29-35(55-31-34-16-13-14-32(4)46-34)18-19-40(38)58-45(41,43(37)42)56-24-6-2/h5-6,13-14,16,18-19,28-29,33,36,41-43,49-51H,1-2,7-12,15,17,20-27,30-31H2,3-4H3. The Bertz CT molecular complexity index is 1700. The van der Waals surface area contributed by atoms with E-state index >= 15 is 0 Å². The molecule has 6 atom stereocenters. The first-order chi connectivity index (χ1) is 28.3. The topological polar surface area (TPSA) is 162 Å². The summed E-state index contributed by atoms with van der Waals surface area (Å²) in [5.74, 6) is -0.739. The Morgan fingerprint density at radius 1 is 1.03 bits per heavy atom. The average molecular weight is 806 g/mol. The SMILES string of the molecule is C=CCCOC(=O)N(CCOCCO)C1CC(=NOCC)C2=CC(CCCCO)C(CCCCO)C3c4cc(OCc5cccc(C)n5)ccc4OC1(OCC=C)C23. The van der Waals surface area contributed by atoms with Crippen LogP contribution in [0.2, 0.25) is 0 Å². The molecule has 0 radical (unpaired) electrons. The van der Waals surface area contributed by atoms with Gasteiger partial charge in [-0.05, 0) is 93.7 Å². The molecular weight excluding hydrogens is 743 g/mol. The number of aromatic nitrogens is 1. The molecule has 5 rings (SSSR count). The van der Waals surface area contributed by atoms with Crippen molar-refractivity contribution in [1.29, 1.82) is 0 Å². The van der Waals surface area contributed by atoms with Crippen molar-refractivity contribution in [3.05, 3.63) is 90.3 Å². The first kappa shape index (κ1) is 44.8. The summed E-state index contributed by atoms with van der Waals surface area (Å²) in [7, 11) is 0. The third-order valence-corrected chi connectivity index (χ3v) is 11.2. The van der Waals surface area contributed by atoms with Gasteiger partial charge in [-0.3, -0.25) is 9.88 Å². The van der Waals surface area contributed by atoms with Crippen molar-refractivity contribution in [1.82, 2.24) is 9.88 Å². The van der Waals surface area contributed by atoms with Gasteiger partial charge in [-0.1, -0.05) is 42.3 Å². The molecule has 2 aliphatic carbocycles. The Morgan fingerprint density at radius 2 is 1.84 bits per heavy atom. The Balaban J connectivity index is 1.73. The zero-order valence-electron chi connectivity index (χ0n) is 34.3. The molecule has 58 heavy (non-hydrogen) atoms. The number of nitrogens with zero attached hydrogens (tertiary/aromatic N) is 3. The summed E-state index contributed by atoms with van der Waals surface area (Å²) < 4.78 is 32.2. The molecule has 1 fully saturated rings. The lowest BCUT2D eigenvalue weighted by Gasteiger charge is -2.59. The summed E-state index contributed by atoms with van der Waals surface area (Å²) in [6, 6.07) is 11.0. The number of pyridine rings is 1. The zero-order valence-corrected chi connectivity index (χ0v) is 34.3. The van der Waals surface area contributed by atoms with Crippen molar-refractivity contribution >= 4 is 11.8 Å². The lowest BCUT2D eigenvalue weighted by Crippen LogP contribution is -2.70. The Morgan fingerprint density at radius 3 is 2.57 bits per heavy atom. The summed E-state index contributed by atoms with van der Waals surface area (Å²) >= 11 is 0. The van der Waals surface area contributed by atoms with E-state index in [0.29, 0.717) is 43.1 Å². The fourth-order valence-corrected chi connectivity index (χ4v) is 8.73. The monoisotopic (exact) mass is 805 g/mol. The number of rotatable bonds is 25. The van der Waals surface area contributed by atoms with Crippen LogP contribution in [0, 0.1) is 24.7 Å². The van der Waals surface area contributed by atoms with Crippen molar-refractivity contribution in [2.24, 2.45) is 22.9 Å². The molecule has 0 spiro atoms. The minimum Gasteiger partial charge on any atom is -0.487 e. The van der Waals surface area contributed by atoms with Crippen molar-refractivity contribution in [2.45, 2.75) is 89.6 Å². The highest BCUT2D eigenvalue weighted by molar-refractivity contribution is 6.03. The Labute approximate surface area is 343 Å². The van der Waals surface area contributed by atoms with Crippen molar-refractivity contribution in [2.75, 3.05) is 59.4 Å². The normalized spacial score (nSPS) is 23.8. The van der Waals surface area contributed by atoms with E-state index in [2.05, 4.69) is 30.3 Å². The number of fused-ring (bicyclic) bond motifs is 2. The number of aliphatic hydroxyl groups is 3. The van der Waals surface area contributed by atoms with Crippen LogP contribution < -0.4 is 9.47 Å². The number of aliphatic hydroxyl groups excluding tert-OH is 3. The highest BCUT2D eigenvalue weighted by Crippen LogP contribution is 2.62. The van der Waals surface area contributed by atoms with Crippen LogP contribution in [0.1, 0.15) is 81.2 Å². The van der Waals surface area contributed by atoms with Gasteiger partial charge in [-0.25, -0.2) is 4.79 Å². The molecule has 1 aromatic heterocycles. The summed E-state index contributed by atoms with van der Waals surface area (Å²) in [6.07, 6.45) is 10.4. The van der Waals surface area contributed by atoms with Crippen LogP contribution in [0.4, 0.5) is 4.79 Å². The number of hydrogen-bond acceptors (Lipinski definition) is 12. The summed E-state index contributed by atoms with van der Waals surface area (Å²) in [5, 5.41) is 33.9. The van der Waals surface area contributed by atoms with Crippen LogP contribution in [0.25, 0.3) is 0 Å². The second kappa shape index (κ2) is 22.8. The molecule has 318 valence electrons. The van der Waals surface area contributed by atoms with E-state index in [9.17, 15) is 20.1 Å². The number of carbonyl (C=O) groups excluding carboxylic acids is 1. The van der Waals surface area contributed by atoms with Gasteiger partial charge < -0.3 is 43.8 Å². The maximum atomic E-state index is 14.3. The second-order valence-electron chi connectivity index (χ2n) is 15.0. The zero-order chi connectivity index (χ0) is 41.3. The highest BCUT2D eigenvalue weighted by atomic mass is 16.7. The predicted octanol–water partition coefficient (Wildman–Crippen LogP) is 6.65. The number of unbranched alkanes of at least 4 members (excludes halogenated alkanes) is 2. The maximum absolute atomic E-state index is 14.3. The van der Waals surface area contributed by atoms with Gasteiger partial charge in [0.25, 0.3) is 0 Å². The number of benzene rings is 1. The molecule has 6 unspecified atom stereocenters. The molecule has 1 amide bonds. The summed E-state index contributed by atoms with van der Waals surface area (Å²) in [4.78, 5) is 26.3. The minimum absolute atomic E-state index is 0.0509. The van der Waals surface area contributed by atoms with Gasteiger partial charge in [0.05, 0.1) is 50.4 Å². The molecule has 2 aromatic rings. The molecule has 1 aromatic carbocycles. The van der Waals surface area contributed by atoms with Gasteiger partial charge in [0.1, 0.15) is 30.8 Å². The van der Waals surface area contributed by atoms with Crippen LogP contribution in [0.3, 0.4) is 0 Å². The third kappa shape index (κ3) is 10.9. The van der Waals surface area contributed by atoms with E-state index in [0.717, 1.165) is 48.2 Å². The van der Waals surface area contributed by atoms with E-state index in [1.807, 2.05) is 44.2 Å². The first-order valence-electron chi connectivity index (χ1n) is 20.8. The maximum Gasteiger partial charge on any atom is 0.410 e. The molecule has 0 saturated heterocycles. The van der Waals surface area contributed by atoms with Crippen LogP contribution in [-0.2, 0) is 25.7 Å². The number of carbonyl (C=O) groups is 1. The predicted molar refractivity (Wildman–Crippen MR) is 221 cm³/mol. The fourth-order valence-electron chi connectivity index (χ4n) is 8.73. The van der Waals surface area contributed by atoms with Gasteiger partial charge in [-0.15, -0.1) is 13.2 Å². The number of oxime groups is 1. The van der Waals surface area contributed by atoms with Gasteiger partial charge in [-0.2, -0.15) is 0 Å². The first-order valence-corrected chi connectivity index (χ1v) is 20.8. The van der Waals surface area contributed by atoms with E-state index < -0.39 is 23.8 Å². The van der Waals surface area contributed by atoms with Crippen LogP contribution >= 0.6 is 0 Å². The molecule has 1 saturated carbocycles. The van der Waals surface area contributed by atoms with Crippen LogP contribution in [0.5, 0.6) is 11.5 Å². The molecule has 2 heterocycles. The summed E-state index contributed by atoms with van der Waals surface area (Å²) in [6.45, 7) is 12.9. The number of ether oxygens (including phenoxy) is 5. The fraction of sp³-hybridized carbons (Fsp3) is 0.578. The largest absolute Gasteiger partial charge is 0.487 e. The van der Waals surface area contributed by atoms with Crippen molar-refractivity contribution in [3.8, 4) is 11.5 Å². The lowest BCUT2D eigenvalue weighted by atomic mass is 9.55. The van der Waals surface area contributed by atoms with E-state index in [-0.39, 0.29) is 83.6 Å². The average Bonchev–Trinajstić information content (AvgIpc) is 3.23. The number of hydrogen-bond donors (Lipinski definition) is 3. The quantitative estimate of drug-likeness (QED) is 0.0560. The Kier molecular flexibility index (Phi) is 17.6. The highest BCUT2D eigenvalue weighted by Gasteiger charge is 2.65. The number of allylic oxidation sites excluding steroid dienone is 1. The molecular formula is C45H63N3O10. The van der Waals surface area contributed by atoms with Crippen LogP contribution in [-0.4, -0.2) is 108 Å². The molecule has 13 nitrogen and oxygen atoms in total. The van der Waals surface area contributed by atoms with Crippen LogP contribution in [0.15, 0.2) is 78.5 Å². The molecule has 3 aliphatic rings. The third-order valence-electron chi connectivity index (χ3n) is 11.2. The number of aryl methyl sites for hydroxylation is 1. The van der Waals surface area contributed by atoms with Gasteiger partial charge in [0.2, 0.25) is 5.79 Å². The molecule has 1 aliphatic heterocycles. The van der Waals surface area contributed by atoms with E-state index in [4.69, 9.17) is 33.7 Å². The number of amides is 1. The molecule has 0 bridgehead atoms. The van der Waals surface area contributed by atoms with E-state index in [1.54, 1.807) is 17.1 Å². The van der Waals surface area contributed by atoms with Crippen molar-refractivity contribution in [3.63, 3.8) is 0 Å². The molecule has 13 heteroatoms. The lowest BCUT2D eigenvalue weighted by molar-refractivity contribution is -0.256. The van der Waals surface area contributed by atoms with Gasteiger partial charge >= 0.3 is 6.09 Å². The Hall–Kier alpha value is -4.27. The van der Waals surface area contributed by atoms with Gasteiger partial charge in [0.15, 0.2) is 0 Å². The minimum atomic E-state index is -1.45. The molecule has 3 N–H and O–H groups in total.